The summed E-state index contributed by atoms with van der Waals surface area (Å²) < 4.78 is 5.64. The number of allylic oxidation sites excluding steroid dienone is 2. The maximum Gasteiger partial charge on any atom is 0.172 e. The zero-order chi connectivity index (χ0) is 15.5. The van der Waals surface area contributed by atoms with Crippen molar-refractivity contribution in [3.05, 3.63) is 46.8 Å². The highest BCUT2D eigenvalue weighted by Crippen LogP contribution is 2.40. The van der Waals surface area contributed by atoms with E-state index in [2.05, 4.69) is 9.97 Å². The standard InChI is InChI=1S/C15H11N5O/c1-15(2)13(4-3-11-8-19-9-20-11)12(7-18)14(21-15)10(5-16)6-17/h3-4,8-9H,1-2H3,(H,19,20)/b4-3+. The van der Waals surface area contributed by atoms with E-state index in [1.165, 1.54) is 0 Å². The van der Waals surface area contributed by atoms with E-state index in [9.17, 15) is 5.26 Å². The van der Waals surface area contributed by atoms with E-state index in [4.69, 9.17) is 15.3 Å². The molecular formula is C15H11N5O. The second-order valence-corrected chi connectivity index (χ2v) is 4.78. The van der Waals surface area contributed by atoms with E-state index in [0.29, 0.717) is 5.57 Å². The third-order valence-corrected chi connectivity index (χ3v) is 3.01. The SMILES string of the molecule is CC1(C)OC(=C(C#N)C#N)C(C#N)=C1/C=C/c1cnc[nH]1. The molecule has 0 unspecified atom stereocenters. The van der Waals surface area contributed by atoms with Gasteiger partial charge in [-0.15, -0.1) is 0 Å². The number of imidazole rings is 1. The molecule has 0 amide bonds. The van der Waals surface area contributed by atoms with Crippen molar-refractivity contribution in [1.29, 1.82) is 15.8 Å². The van der Waals surface area contributed by atoms with Gasteiger partial charge in [0.25, 0.3) is 0 Å². The van der Waals surface area contributed by atoms with Crippen LogP contribution in [-0.4, -0.2) is 15.6 Å². The van der Waals surface area contributed by atoms with E-state index in [1.807, 2.05) is 6.07 Å². The van der Waals surface area contributed by atoms with E-state index in [1.54, 1.807) is 50.7 Å². The summed E-state index contributed by atoms with van der Waals surface area (Å²) in [4.78, 5) is 6.81. The molecule has 0 saturated carbocycles. The Labute approximate surface area is 121 Å². The van der Waals surface area contributed by atoms with Crippen molar-refractivity contribution >= 4 is 6.08 Å². The molecule has 0 fully saturated rings. The number of nitrogens with one attached hydrogen (secondary N) is 1. The van der Waals surface area contributed by atoms with Gasteiger partial charge in [-0.05, 0) is 19.9 Å². The smallest absolute Gasteiger partial charge is 0.172 e. The molecule has 102 valence electrons. The second-order valence-electron chi connectivity index (χ2n) is 4.78. The molecule has 0 saturated heterocycles. The summed E-state index contributed by atoms with van der Waals surface area (Å²) >= 11 is 0. The fraction of sp³-hybridized carbons (Fsp3) is 0.200. The summed E-state index contributed by atoms with van der Waals surface area (Å²) in [7, 11) is 0. The number of nitrogens with zero attached hydrogens (tertiary/aromatic N) is 4. The minimum atomic E-state index is -0.796. The lowest BCUT2D eigenvalue weighted by molar-refractivity contribution is 0.0954. The Morgan fingerprint density at radius 3 is 2.52 bits per heavy atom. The average Bonchev–Trinajstić information content (AvgIpc) is 3.04. The van der Waals surface area contributed by atoms with Crippen molar-refractivity contribution in [2.24, 2.45) is 0 Å². The first-order valence-electron chi connectivity index (χ1n) is 6.08. The minimum Gasteiger partial charge on any atom is -0.480 e. The molecule has 0 aliphatic carbocycles. The molecule has 6 nitrogen and oxygen atoms in total. The Morgan fingerprint density at radius 2 is 2.00 bits per heavy atom. The van der Waals surface area contributed by atoms with Gasteiger partial charge in [0.15, 0.2) is 11.3 Å². The maximum absolute atomic E-state index is 9.34. The van der Waals surface area contributed by atoms with E-state index >= 15 is 0 Å². The van der Waals surface area contributed by atoms with Crippen LogP contribution in [0.1, 0.15) is 19.5 Å². The van der Waals surface area contributed by atoms with Gasteiger partial charge in [0, 0.05) is 5.57 Å². The first kappa shape index (κ1) is 14.1. The third kappa shape index (κ3) is 2.54. The molecule has 1 aliphatic heterocycles. The fourth-order valence-electron chi connectivity index (χ4n) is 2.01. The number of hydrogen-bond donors (Lipinski definition) is 1. The monoisotopic (exact) mass is 277 g/mol. The molecule has 1 aromatic heterocycles. The van der Waals surface area contributed by atoms with Crippen molar-refractivity contribution in [2.75, 3.05) is 0 Å². The van der Waals surface area contributed by atoms with Crippen LogP contribution in [0.5, 0.6) is 0 Å². The van der Waals surface area contributed by atoms with Gasteiger partial charge in [0.2, 0.25) is 0 Å². The second kappa shape index (κ2) is 5.36. The number of ether oxygens (including phenoxy) is 1. The first-order chi connectivity index (χ1) is 10.0. The summed E-state index contributed by atoms with van der Waals surface area (Å²) in [5, 5.41) is 27.3. The number of hydrogen-bond acceptors (Lipinski definition) is 5. The molecule has 0 radical (unpaired) electrons. The van der Waals surface area contributed by atoms with E-state index < -0.39 is 5.60 Å². The van der Waals surface area contributed by atoms with E-state index in [0.717, 1.165) is 5.69 Å². The Hall–Kier alpha value is -3.30. The number of nitriles is 3. The zero-order valence-electron chi connectivity index (χ0n) is 11.5. The quantitative estimate of drug-likeness (QED) is 0.834. The van der Waals surface area contributed by atoms with Crippen molar-refractivity contribution in [1.82, 2.24) is 9.97 Å². The highest BCUT2D eigenvalue weighted by molar-refractivity contribution is 5.63. The predicted molar refractivity (Wildman–Crippen MR) is 73.7 cm³/mol. The van der Waals surface area contributed by atoms with Gasteiger partial charge in [0.05, 0.1) is 18.2 Å². The molecule has 1 aliphatic rings. The van der Waals surface area contributed by atoms with Gasteiger partial charge in [-0.2, -0.15) is 15.8 Å². The Balaban J connectivity index is 2.57. The predicted octanol–water partition coefficient (Wildman–Crippen LogP) is 2.35. The van der Waals surface area contributed by atoms with Crippen LogP contribution < -0.4 is 0 Å². The number of aromatic amines is 1. The molecule has 2 heterocycles. The van der Waals surface area contributed by atoms with Crippen LogP contribution in [0.3, 0.4) is 0 Å². The van der Waals surface area contributed by atoms with Crippen molar-refractivity contribution in [3.63, 3.8) is 0 Å². The Kier molecular flexibility index (Phi) is 3.61. The largest absolute Gasteiger partial charge is 0.480 e. The molecule has 6 heteroatoms. The van der Waals surface area contributed by atoms with Gasteiger partial charge in [-0.1, -0.05) is 6.08 Å². The maximum atomic E-state index is 9.34. The molecule has 21 heavy (non-hydrogen) atoms. The van der Waals surface area contributed by atoms with Gasteiger partial charge in [0.1, 0.15) is 29.4 Å². The van der Waals surface area contributed by atoms with Gasteiger partial charge >= 0.3 is 0 Å². The summed E-state index contributed by atoms with van der Waals surface area (Å²) in [5.74, 6) is 0.0387. The van der Waals surface area contributed by atoms with Crippen LogP contribution in [-0.2, 0) is 4.74 Å². The zero-order valence-corrected chi connectivity index (χ0v) is 11.5. The van der Waals surface area contributed by atoms with Crippen LogP contribution in [0, 0.1) is 34.0 Å². The minimum absolute atomic E-state index is 0.0387. The average molecular weight is 277 g/mol. The molecular weight excluding hydrogens is 266 g/mol. The number of H-pyrrole nitrogens is 1. The van der Waals surface area contributed by atoms with Crippen molar-refractivity contribution < 1.29 is 4.74 Å². The first-order valence-corrected chi connectivity index (χ1v) is 6.08. The van der Waals surface area contributed by atoms with Crippen LogP contribution >= 0.6 is 0 Å². The van der Waals surface area contributed by atoms with Gasteiger partial charge < -0.3 is 9.72 Å². The summed E-state index contributed by atoms with van der Waals surface area (Å²) in [6.45, 7) is 3.55. The molecule has 1 N–H and O–H groups in total. The molecule has 0 spiro atoms. The van der Waals surface area contributed by atoms with Crippen molar-refractivity contribution in [2.45, 2.75) is 19.4 Å². The third-order valence-electron chi connectivity index (χ3n) is 3.01. The topological polar surface area (TPSA) is 109 Å². The molecule has 0 atom stereocenters. The highest BCUT2D eigenvalue weighted by Gasteiger charge is 2.38. The fourth-order valence-corrected chi connectivity index (χ4v) is 2.01. The molecule has 2 rings (SSSR count). The summed E-state index contributed by atoms with van der Waals surface area (Å²) in [5.41, 5.74) is 0.584. The lowest BCUT2D eigenvalue weighted by atomic mass is 9.94. The van der Waals surface area contributed by atoms with Crippen LogP contribution in [0.15, 0.2) is 41.1 Å². The van der Waals surface area contributed by atoms with Crippen molar-refractivity contribution in [3.8, 4) is 18.2 Å². The highest BCUT2D eigenvalue weighted by atomic mass is 16.5. The number of aromatic nitrogens is 2. The van der Waals surface area contributed by atoms with Crippen LogP contribution in [0.4, 0.5) is 0 Å². The van der Waals surface area contributed by atoms with Gasteiger partial charge in [-0.3, -0.25) is 0 Å². The van der Waals surface area contributed by atoms with Gasteiger partial charge in [-0.25, -0.2) is 4.98 Å². The van der Waals surface area contributed by atoms with Crippen LogP contribution in [0.2, 0.25) is 0 Å². The normalized spacial score (nSPS) is 16.2. The number of rotatable bonds is 2. The molecule has 0 bridgehead atoms. The molecule has 0 aromatic carbocycles. The Morgan fingerprint density at radius 1 is 1.29 bits per heavy atom. The summed E-state index contributed by atoms with van der Waals surface area (Å²) in [6, 6.07) is 5.52. The molecule has 1 aromatic rings. The van der Waals surface area contributed by atoms with E-state index in [-0.39, 0.29) is 16.9 Å². The van der Waals surface area contributed by atoms with Crippen LogP contribution in [0.25, 0.3) is 6.08 Å². The summed E-state index contributed by atoms with van der Waals surface area (Å²) in [6.07, 6.45) is 6.67. The lowest BCUT2D eigenvalue weighted by Crippen LogP contribution is -2.20. The lowest BCUT2D eigenvalue weighted by Gasteiger charge is -2.20. The Bertz CT molecular complexity index is 758.